The predicted octanol–water partition coefficient (Wildman–Crippen LogP) is 5.71. The van der Waals surface area contributed by atoms with Gasteiger partial charge in [-0.25, -0.2) is 0 Å². The van der Waals surface area contributed by atoms with Crippen molar-refractivity contribution in [2.45, 2.75) is 103 Å². The van der Waals surface area contributed by atoms with Gasteiger partial charge in [-0.15, -0.1) is 0 Å². The number of unbranched alkanes of at least 4 members (excludes halogenated alkanes) is 1. The average Bonchev–Trinajstić information content (AvgIpc) is 3.29. The first-order chi connectivity index (χ1) is 18.7. The fourth-order valence-electron chi connectivity index (χ4n) is 5.36. The van der Waals surface area contributed by atoms with Crippen LogP contribution in [-0.4, -0.2) is 59.6 Å². The Morgan fingerprint density at radius 2 is 1.64 bits per heavy atom. The van der Waals surface area contributed by atoms with E-state index in [2.05, 4.69) is 24.1 Å². The second-order valence-electron chi connectivity index (χ2n) is 10.9. The first-order valence-corrected chi connectivity index (χ1v) is 14.4. The van der Waals surface area contributed by atoms with Gasteiger partial charge in [0.15, 0.2) is 5.78 Å². The highest BCUT2D eigenvalue weighted by Gasteiger charge is 2.34. The van der Waals surface area contributed by atoms with E-state index in [-0.39, 0.29) is 17.8 Å². The number of benzene rings is 2. The first-order valence-electron chi connectivity index (χ1n) is 14.4. The molecule has 1 amide bonds. The molecule has 2 N–H and O–H groups in total. The molecular formula is C32H46N2O5. The van der Waals surface area contributed by atoms with E-state index in [4.69, 9.17) is 9.47 Å². The Bertz CT molecular complexity index is 1040. The minimum Gasteiger partial charge on any atom is -0.497 e. The number of carbonyl (C=O) groups is 2. The van der Waals surface area contributed by atoms with Crippen LogP contribution >= 0.6 is 0 Å². The molecule has 0 aliphatic carbocycles. The Morgan fingerprint density at radius 1 is 1.00 bits per heavy atom. The summed E-state index contributed by atoms with van der Waals surface area (Å²) in [6, 6.07) is 15.0. The number of amides is 1. The van der Waals surface area contributed by atoms with Gasteiger partial charge in [-0.05, 0) is 94.8 Å². The summed E-state index contributed by atoms with van der Waals surface area (Å²) in [6.45, 7) is 8.96. The van der Waals surface area contributed by atoms with Crippen molar-refractivity contribution in [2.75, 3.05) is 13.7 Å². The summed E-state index contributed by atoms with van der Waals surface area (Å²) in [5, 5.41) is 14.5. The van der Waals surface area contributed by atoms with E-state index in [0.29, 0.717) is 55.6 Å². The molecule has 1 fully saturated rings. The van der Waals surface area contributed by atoms with Gasteiger partial charge in [0.05, 0.1) is 19.3 Å². The number of nitrogens with zero attached hydrogens (tertiary/aromatic N) is 1. The monoisotopic (exact) mass is 538 g/mol. The minimum atomic E-state index is -0.844. The third kappa shape index (κ3) is 9.07. The summed E-state index contributed by atoms with van der Waals surface area (Å²) in [6.07, 6.45) is 4.47. The van der Waals surface area contributed by atoms with Crippen LogP contribution in [0, 0.1) is 0 Å². The van der Waals surface area contributed by atoms with Gasteiger partial charge in [0.1, 0.15) is 17.6 Å². The summed E-state index contributed by atoms with van der Waals surface area (Å²) in [5.74, 6) is 1.43. The number of Topliss-reactive ketones (excluding diaryl/α,β-unsaturated/α-hetero) is 1. The van der Waals surface area contributed by atoms with Crippen LogP contribution < -0.4 is 14.8 Å². The van der Waals surface area contributed by atoms with Crippen molar-refractivity contribution < 1.29 is 24.2 Å². The maximum absolute atomic E-state index is 13.0. The van der Waals surface area contributed by atoms with Crippen molar-refractivity contribution in [2.24, 2.45) is 0 Å². The van der Waals surface area contributed by atoms with Crippen molar-refractivity contribution in [3.05, 3.63) is 59.7 Å². The second-order valence-corrected chi connectivity index (χ2v) is 10.9. The molecule has 39 heavy (non-hydrogen) atoms. The van der Waals surface area contributed by atoms with Crippen LogP contribution in [0.3, 0.4) is 0 Å². The van der Waals surface area contributed by atoms with Gasteiger partial charge in [0, 0.05) is 37.0 Å². The number of methoxy groups -OCH3 is 1. The van der Waals surface area contributed by atoms with Gasteiger partial charge < -0.3 is 19.9 Å². The van der Waals surface area contributed by atoms with Crippen molar-refractivity contribution in [1.29, 1.82) is 0 Å². The molecule has 0 saturated carbocycles. The quantitative estimate of drug-likeness (QED) is 0.223. The number of likely N-dealkylation sites (tertiary alicyclic amines) is 1. The normalized spacial score (nSPS) is 19.1. The number of ether oxygens (including phenoxy) is 2. The lowest BCUT2D eigenvalue weighted by molar-refractivity contribution is -0.123. The highest BCUT2D eigenvalue weighted by molar-refractivity contribution is 5.96. The molecular weight excluding hydrogens is 492 g/mol. The Morgan fingerprint density at radius 3 is 2.26 bits per heavy atom. The van der Waals surface area contributed by atoms with Crippen LogP contribution in [-0.2, 0) is 4.79 Å². The van der Waals surface area contributed by atoms with E-state index in [1.165, 1.54) is 0 Å². The summed E-state index contributed by atoms with van der Waals surface area (Å²) in [4.78, 5) is 27.9. The number of hydrogen-bond donors (Lipinski definition) is 2. The molecule has 3 rings (SSSR count). The van der Waals surface area contributed by atoms with E-state index < -0.39 is 12.1 Å². The zero-order chi connectivity index (χ0) is 28.4. The van der Waals surface area contributed by atoms with E-state index >= 15 is 0 Å². The molecule has 0 bridgehead atoms. The number of aliphatic hydroxyl groups is 1. The van der Waals surface area contributed by atoms with E-state index in [1.807, 2.05) is 38.1 Å². The van der Waals surface area contributed by atoms with Crippen LogP contribution in [0.15, 0.2) is 48.5 Å². The summed E-state index contributed by atoms with van der Waals surface area (Å²) in [7, 11) is 1.60. The Hall–Kier alpha value is -2.90. The molecule has 0 aromatic heterocycles. The lowest BCUT2D eigenvalue weighted by Crippen LogP contribution is -2.50. The lowest BCUT2D eigenvalue weighted by Gasteiger charge is -2.34. The summed E-state index contributed by atoms with van der Waals surface area (Å²) >= 11 is 0. The molecule has 7 heteroatoms. The highest BCUT2D eigenvalue weighted by Crippen LogP contribution is 2.29. The molecule has 7 nitrogen and oxygen atoms in total. The average molecular weight is 539 g/mol. The second kappa shape index (κ2) is 15.0. The molecule has 1 saturated heterocycles. The van der Waals surface area contributed by atoms with Crippen LogP contribution in [0.1, 0.15) is 94.7 Å². The molecule has 1 heterocycles. The fraction of sp³-hybridized carbons (Fsp3) is 0.562. The molecule has 2 unspecified atom stereocenters. The van der Waals surface area contributed by atoms with Crippen molar-refractivity contribution in [1.82, 2.24) is 10.2 Å². The van der Waals surface area contributed by atoms with Gasteiger partial charge in [0.25, 0.3) is 0 Å². The Kier molecular flexibility index (Phi) is 11.8. The van der Waals surface area contributed by atoms with E-state index in [1.54, 1.807) is 31.4 Å². The molecule has 4 atom stereocenters. The SMILES string of the molecule is CCC1CCC(C)N1C[C@@H](NC(=O)CCCCC(=O)c1ccc(OC)cc1)[C@H](O)c1ccc(OC(C)C)cc1. The Labute approximate surface area is 233 Å². The van der Waals surface area contributed by atoms with Crippen LogP contribution in [0.5, 0.6) is 11.5 Å². The molecule has 0 radical (unpaired) electrons. The van der Waals surface area contributed by atoms with Crippen LogP contribution in [0.25, 0.3) is 0 Å². The van der Waals surface area contributed by atoms with Gasteiger partial charge in [-0.3, -0.25) is 14.5 Å². The molecule has 0 spiro atoms. The van der Waals surface area contributed by atoms with E-state index in [0.717, 1.165) is 30.6 Å². The number of hydrogen-bond acceptors (Lipinski definition) is 6. The predicted molar refractivity (Wildman–Crippen MR) is 154 cm³/mol. The molecule has 2 aromatic rings. The topological polar surface area (TPSA) is 88.1 Å². The van der Waals surface area contributed by atoms with Crippen molar-refractivity contribution >= 4 is 11.7 Å². The maximum Gasteiger partial charge on any atom is 0.220 e. The van der Waals surface area contributed by atoms with Crippen LogP contribution in [0.4, 0.5) is 0 Å². The number of nitrogens with one attached hydrogen (secondary N) is 1. The maximum atomic E-state index is 13.0. The summed E-state index contributed by atoms with van der Waals surface area (Å²) < 4.78 is 10.9. The lowest BCUT2D eigenvalue weighted by atomic mass is 10.00. The number of ketones is 1. The number of carbonyl (C=O) groups excluding carboxylic acids is 2. The molecule has 2 aromatic carbocycles. The number of rotatable bonds is 15. The first kappa shape index (κ1) is 30.6. The standard InChI is InChI=1S/C32H46N2O5/c1-6-26-16-11-23(4)34(26)21-29(32(37)25-14-19-28(20-15-25)39-22(2)3)33-31(36)10-8-7-9-30(35)24-12-17-27(38-5)18-13-24/h12-15,17-20,22-23,26,29,32,37H,6-11,16,21H2,1-5H3,(H,33,36)/t23?,26?,29-,32-/m1/s1. The van der Waals surface area contributed by atoms with Gasteiger partial charge in [-0.1, -0.05) is 19.1 Å². The van der Waals surface area contributed by atoms with Gasteiger partial charge in [0.2, 0.25) is 5.91 Å². The highest BCUT2D eigenvalue weighted by atomic mass is 16.5. The van der Waals surface area contributed by atoms with E-state index in [9.17, 15) is 14.7 Å². The zero-order valence-corrected chi connectivity index (χ0v) is 24.2. The van der Waals surface area contributed by atoms with Crippen molar-refractivity contribution in [3.8, 4) is 11.5 Å². The number of aliphatic hydroxyl groups excluding tert-OH is 1. The summed E-state index contributed by atoms with van der Waals surface area (Å²) in [5.41, 5.74) is 1.40. The fourth-order valence-corrected chi connectivity index (χ4v) is 5.36. The Balaban J connectivity index is 1.59. The van der Waals surface area contributed by atoms with Gasteiger partial charge in [-0.2, -0.15) is 0 Å². The van der Waals surface area contributed by atoms with Gasteiger partial charge >= 0.3 is 0 Å². The third-order valence-electron chi connectivity index (χ3n) is 7.62. The smallest absolute Gasteiger partial charge is 0.220 e. The minimum absolute atomic E-state index is 0.0601. The molecule has 214 valence electrons. The third-order valence-corrected chi connectivity index (χ3v) is 7.62. The largest absolute Gasteiger partial charge is 0.497 e. The van der Waals surface area contributed by atoms with Crippen molar-refractivity contribution in [3.63, 3.8) is 0 Å². The van der Waals surface area contributed by atoms with Crippen LogP contribution in [0.2, 0.25) is 0 Å². The molecule has 1 aliphatic rings. The zero-order valence-electron chi connectivity index (χ0n) is 24.2. The molecule has 1 aliphatic heterocycles.